The molecule has 0 unspecified atom stereocenters. The van der Waals surface area contributed by atoms with E-state index in [4.69, 9.17) is 0 Å². The average Bonchev–Trinajstić information content (AvgIpc) is 2.90. The number of hydrogen-bond acceptors (Lipinski definition) is 5. The van der Waals surface area contributed by atoms with Gasteiger partial charge in [-0.1, -0.05) is 29.6 Å². The smallest absolute Gasteiger partial charge is 0.258 e. The van der Waals surface area contributed by atoms with Crippen molar-refractivity contribution in [2.75, 3.05) is 12.3 Å². The Bertz CT molecular complexity index is 709. The van der Waals surface area contributed by atoms with E-state index in [0.717, 1.165) is 27.9 Å². The second kappa shape index (κ2) is 5.38. The molecular weight excluding hydrogens is 278 g/mol. The summed E-state index contributed by atoms with van der Waals surface area (Å²) >= 11 is 3.43. The number of rotatable bonds is 2. The van der Waals surface area contributed by atoms with Crippen molar-refractivity contribution < 1.29 is 0 Å². The Balaban J connectivity index is 1.88. The van der Waals surface area contributed by atoms with Crippen LogP contribution in [0.5, 0.6) is 0 Å². The third-order valence-corrected chi connectivity index (χ3v) is 5.05. The minimum atomic E-state index is -0.0229. The van der Waals surface area contributed by atoms with Gasteiger partial charge >= 0.3 is 0 Å². The Labute approximate surface area is 119 Å². The van der Waals surface area contributed by atoms with Crippen LogP contribution in [0.3, 0.4) is 0 Å². The van der Waals surface area contributed by atoms with Gasteiger partial charge < -0.3 is 0 Å². The maximum Gasteiger partial charge on any atom is 0.258 e. The van der Waals surface area contributed by atoms with Gasteiger partial charge in [-0.25, -0.2) is 4.98 Å². The third-order valence-electron chi connectivity index (χ3n) is 2.76. The molecule has 0 amide bonds. The molecule has 3 rings (SSSR count). The highest BCUT2D eigenvalue weighted by Gasteiger charge is 2.09. The van der Waals surface area contributed by atoms with Gasteiger partial charge in [-0.2, -0.15) is 0 Å². The van der Waals surface area contributed by atoms with Crippen molar-refractivity contribution in [3.63, 3.8) is 0 Å². The monoisotopic (exact) mass is 291 g/mol. The standard InChI is InChI=1S/C13H13N3OS2/c1-9-2-3-11-15-10(6-12(17)16(11)7-9)8-19-13-14-4-5-18-13/h2-3,6-7H,4-5,8H2,1H3. The van der Waals surface area contributed by atoms with Crippen LogP contribution in [0, 0.1) is 6.92 Å². The van der Waals surface area contributed by atoms with Gasteiger partial charge in [-0.3, -0.25) is 14.2 Å². The number of thioether (sulfide) groups is 2. The molecular formula is C13H13N3OS2. The predicted molar refractivity (Wildman–Crippen MR) is 82.3 cm³/mol. The molecule has 0 saturated carbocycles. The van der Waals surface area contributed by atoms with Gasteiger partial charge in [-0.15, -0.1) is 0 Å². The minimum absolute atomic E-state index is 0.0229. The molecule has 0 atom stereocenters. The molecule has 0 aliphatic carbocycles. The van der Waals surface area contributed by atoms with E-state index >= 15 is 0 Å². The molecule has 4 nitrogen and oxygen atoms in total. The van der Waals surface area contributed by atoms with Crippen LogP contribution in [-0.2, 0) is 5.75 Å². The van der Waals surface area contributed by atoms with Crippen molar-refractivity contribution in [1.82, 2.24) is 9.38 Å². The van der Waals surface area contributed by atoms with Gasteiger partial charge in [0.25, 0.3) is 5.56 Å². The SMILES string of the molecule is Cc1ccc2nc(CSC3=NCCS3)cc(=O)n2c1. The summed E-state index contributed by atoms with van der Waals surface area (Å²) in [5.74, 6) is 1.76. The number of aromatic nitrogens is 2. The molecule has 0 N–H and O–H groups in total. The maximum atomic E-state index is 12.0. The second-order valence-corrected chi connectivity index (χ2v) is 6.61. The van der Waals surface area contributed by atoms with E-state index in [1.807, 2.05) is 25.3 Å². The quantitative estimate of drug-likeness (QED) is 0.852. The molecule has 98 valence electrons. The molecule has 1 aliphatic rings. The van der Waals surface area contributed by atoms with Crippen LogP contribution in [-0.4, -0.2) is 26.1 Å². The highest BCUT2D eigenvalue weighted by molar-refractivity contribution is 8.38. The summed E-state index contributed by atoms with van der Waals surface area (Å²) in [6, 6.07) is 5.46. The van der Waals surface area contributed by atoms with E-state index in [9.17, 15) is 4.79 Å². The first-order valence-electron chi connectivity index (χ1n) is 6.01. The molecule has 0 spiro atoms. The fourth-order valence-corrected chi connectivity index (χ4v) is 3.77. The van der Waals surface area contributed by atoms with E-state index < -0.39 is 0 Å². The highest BCUT2D eigenvalue weighted by atomic mass is 32.2. The van der Waals surface area contributed by atoms with Crippen molar-refractivity contribution in [2.45, 2.75) is 12.7 Å². The van der Waals surface area contributed by atoms with Gasteiger partial charge in [0, 0.05) is 23.8 Å². The number of fused-ring (bicyclic) bond motifs is 1. The van der Waals surface area contributed by atoms with Crippen LogP contribution >= 0.6 is 23.5 Å². The Morgan fingerprint density at radius 3 is 3.16 bits per heavy atom. The molecule has 0 fully saturated rings. The summed E-state index contributed by atoms with van der Waals surface area (Å²) in [4.78, 5) is 20.9. The number of hydrogen-bond donors (Lipinski definition) is 0. The summed E-state index contributed by atoms with van der Waals surface area (Å²) in [6.07, 6.45) is 1.82. The maximum absolute atomic E-state index is 12.0. The zero-order valence-electron chi connectivity index (χ0n) is 10.5. The lowest BCUT2D eigenvalue weighted by Crippen LogP contribution is -2.15. The zero-order valence-corrected chi connectivity index (χ0v) is 12.1. The van der Waals surface area contributed by atoms with Crippen LogP contribution in [0.2, 0.25) is 0 Å². The Hall–Kier alpha value is -1.27. The van der Waals surface area contributed by atoms with Gasteiger partial charge in [0.1, 0.15) is 10.0 Å². The molecule has 6 heteroatoms. The normalized spacial score (nSPS) is 14.9. The van der Waals surface area contributed by atoms with Crippen LogP contribution < -0.4 is 5.56 Å². The van der Waals surface area contributed by atoms with E-state index in [0.29, 0.717) is 11.4 Å². The first-order chi connectivity index (χ1) is 9.22. The molecule has 3 heterocycles. The summed E-state index contributed by atoms with van der Waals surface area (Å²) in [5.41, 5.74) is 2.55. The summed E-state index contributed by atoms with van der Waals surface area (Å²) in [7, 11) is 0. The van der Waals surface area contributed by atoms with E-state index in [1.54, 1.807) is 34.0 Å². The Morgan fingerprint density at radius 2 is 2.37 bits per heavy atom. The lowest BCUT2D eigenvalue weighted by molar-refractivity contribution is 1.00. The van der Waals surface area contributed by atoms with E-state index in [1.165, 1.54) is 0 Å². The summed E-state index contributed by atoms with van der Waals surface area (Å²) in [6.45, 7) is 2.87. The third kappa shape index (κ3) is 2.84. The molecule has 1 aliphatic heterocycles. The Morgan fingerprint density at radius 1 is 1.47 bits per heavy atom. The second-order valence-electron chi connectivity index (χ2n) is 4.31. The predicted octanol–water partition coefficient (Wildman–Crippen LogP) is 2.34. The topological polar surface area (TPSA) is 46.7 Å². The van der Waals surface area contributed by atoms with Crippen molar-refractivity contribution in [2.24, 2.45) is 4.99 Å². The zero-order chi connectivity index (χ0) is 13.2. The van der Waals surface area contributed by atoms with E-state index in [2.05, 4.69) is 9.98 Å². The minimum Gasteiger partial charge on any atom is -0.271 e. The van der Waals surface area contributed by atoms with Gasteiger partial charge in [0.15, 0.2) is 0 Å². The molecule has 19 heavy (non-hydrogen) atoms. The van der Waals surface area contributed by atoms with Crippen molar-refractivity contribution in [1.29, 1.82) is 0 Å². The lowest BCUT2D eigenvalue weighted by atomic mass is 10.3. The molecule has 0 bridgehead atoms. The number of pyridine rings is 1. The highest BCUT2D eigenvalue weighted by Crippen LogP contribution is 2.24. The fraction of sp³-hybridized carbons (Fsp3) is 0.308. The van der Waals surface area contributed by atoms with Crippen molar-refractivity contribution in [3.8, 4) is 0 Å². The number of aryl methyl sites for hydroxylation is 1. The van der Waals surface area contributed by atoms with E-state index in [-0.39, 0.29) is 5.56 Å². The number of nitrogens with zero attached hydrogens (tertiary/aromatic N) is 3. The molecule has 0 radical (unpaired) electrons. The number of aliphatic imine (C=N–C) groups is 1. The molecule has 0 saturated heterocycles. The van der Waals surface area contributed by atoms with Crippen molar-refractivity contribution in [3.05, 3.63) is 46.0 Å². The van der Waals surface area contributed by atoms with Crippen molar-refractivity contribution >= 4 is 33.5 Å². The van der Waals surface area contributed by atoms with Crippen LogP contribution in [0.15, 0.2) is 34.2 Å². The van der Waals surface area contributed by atoms with Crippen LogP contribution in [0.25, 0.3) is 5.65 Å². The van der Waals surface area contributed by atoms with Crippen LogP contribution in [0.4, 0.5) is 0 Å². The summed E-state index contributed by atoms with van der Waals surface area (Å²) < 4.78 is 2.69. The molecule has 2 aromatic heterocycles. The molecule has 2 aromatic rings. The van der Waals surface area contributed by atoms with Gasteiger partial charge in [0.2, 0.25) is 0 Å². The van der Waals surface area contributed by atoms with Crippen LogP contribution in [0.1, 0.15) is 11.3 Å². The van der Waals surface area contributed by atoms with Gasteiger partial charge in [0.05, 0.1) is 12.2 Å². The molecule has 0 aromatic carbocycles. The largest absolute Gasteiger partial charge is 0.271 e. The lowest BCUT2D eigenvalue weighted by Gasteiger charge is -2.04. The fourth-order valence-electron chi connectivity index (χ4n) is 1.87. The first-order valence-corrected chi connectivity index (χ1v) is 7.98. The average molecular weight is 291 g/mol. The first kappa shape index (κ1) is 12.7. The summed E-state index contributed by atoms with van der Waals surface area (Å²) in [5, 5.41) is 0. The Kier molecular flexibility index (Phi) is 3.61. The van der Waals surface area contributed by atoms with Gasteiger partial charge in [-0.05, 0) is 18.6 Å².